The van der Waals surface area contributed by atoms with Crippen molar-refractivity contribution in [3.05, 3.63) is 38.8 Å². The van der Waals surface area contributed by atoms with Crippen LogP contribution < -0.4 is 5.32 Å². The third-order valence-electron chi connectivity index (χ3n) is 2.87. The fourth-order valence-electron chi connectivity index (χ4n) is 1.52. The minimum absolute atomic E-state index is 0.0134. The molecule has 22 heavy (non-hydrogen) atoms. The van der Waals surface area contributed by atoms with Gasteiger partial charge in [0, 0.05) is 10.7 Å². The summed E-state index contributed by atoms with van der Waals surface area (Å²) in [6.45, 7) is 3.40. The molecule has 0 aliphatic heterocycles. The summed E-state index contributed by atoms with van der Waals surface area (Å²) in [5.41, 5.74) is -0.316. The lowest BCUT2D eigenvalue weighted by atomic mass is 10.0. The molecule has 1 aromatic carbocycles. The average molecular weight is 380 g/mol. The zero-order chi connectivity index (χ0) is 16.9. The molecule has 0 fully saturated rings. The van der Waals surface area contributed by atoms with Crippen LogP contribution in [0.5, 0.6) is 0 Å². The lowest BCUT2D eigenvalue weighted by molar-refractivity contribution is 0.184. The normalized spacial score (nSPS) is 10.6. The van der Waals surface area contributed by atoms with Gasteiger partial charge in [-0.15, -0.1) is 6.42 Å². The highest BCUT2D eigenvalue weighted by atomic mass is 35.5. The summed E-state index contributed by atoms with van der Waals surface area (Å²) in [4.78, 5) is 13.8. The van der Waals surface area contributed by atoms with Gasteiger partial charge in [-0.05, 0) is 38.1 Å². The molecule has 3 nitrogen and oxygen atoms in total. The van der Waals surface area contributed by atoms with E-state index in [1.165, 1.54) is 4.90 Å². The molecule has 1 N–H and O–H groups in total. The van der Waals surface area contributed by atoms with Crippen LogP contribution >= 0.6 is 46.4 Å². The number of carbonyl (C=O) groups is 1. The van der Waals surface area contributed by atoms with Crippen molar-refractivity contribution in [2.75, 3.05) is 11.9 Å². The fraction of sp³-hybridized carbons (Fsp3) is 0.267. The molecule has 0 aliphatic rings. The first-order chi connectivity index (χ1) is 10.2. The summed E-state index contributed by atoms with van der Waals surface area (Å²) in [6, 6.07) is 6.24. The number of nitrogens with one attached hydrogen (secondary N) is 1. The van der Waals surface area contributed by atoms with Gasteiger partial charge in [0.25, 0.3) is 0 Å². The van der Waals surface area contributed by atoms with E-state index >= 15 is 0 Å². The fourth-order valence-corrected chi connectivity index (χ4v) is 1.89. The van der Waals surface area contributed by atoms with Gasteiger partial charge in [-0.2, -0.15) is 0 Å². The SMILES string of the molecule is C#CC(C)(C)N(CC(Cl)=C(Cl)Cl)C(=O)Nc1ccc(Cl)cc1. The third-order valence-corrected chi connectivity index (χ3v) is 4.08. The molecule has 2 amide bonds. The van der Waals surface area contributed by atoms with E-state index in [9.17, 15) is 4.79 Å². The van der Waals surface area contributed by atoms with E-state index in [0.717, 1.165) is 0 Å². The minimum Gasteiger partial charge on any atom is -0.308 e. The number of rotatable bonds is 4. The topological polar surface area (TPSA) is 32.3 Å². The van der Waals surface area contributed by atoms with Gasteiger partial charge in [0.05, 0.1) is 11.6 Å². The van der Waals surface area contributed by atoms with Gasteiger partial charge in [0.2, 0.25) is 0 Å². The summed E-state index contributed by atoms with van der Waals surface area (Å²) in [5, 5.41) is 3.41. The standard InChI is InChI=1S/C15H14Cl4N2O/c1-4-15(2,3)21(9-12(17)13(18)19)14(22)20-11-7-5-10(16)6-8-11/h1,5-8H,9H2,2-3H3,(H,20,22). The molecule has 0 heterocycles. The first-order valence-electron chi connectivity index (χ1n) is 6.19. The molecule has 118 valence electrons. The van der Waals surface area contributed by atoms with Gasteiger partial charge in [-0.25, -0.2) is 4.79 Å². The summed E-state index contributed by atoms with van der Waals surface area (Å²) >= 11 is 23.0. The largest absolute Gasteiger partial charge is 0.323 e. The maximum absolute atomic E-state index is 12.5. The highest BCUT2D eigenvalue weighted by molar-refractivity contribution is 6.59. The predicted octanol–water partition coefficient (Wildman–Crippen LogP) is 5.47. The van der Waals surface area contributed by atoms with Gasteiger partial charge in [-0.3, -0.25) is 0 Å². The highest BCUT2D eigenvalue weighted by Gasteiger charge is 2.30. The van der Waals surface area contributed by atoms with E-state index in [4.69, 9.17) is 52.8 Å². The van der Waals surface area contributed by atoms with Crippen molar-refractivity contribution in [2.24, 2.45) is 0 Å². The smallest absolute Gasteiger partial charge is 0.308 e. The lowest BCUT2D eigenvalue weighted by Crippen LogP contribution is -2.49. The molecular weight excluding hydrogens is 366 g/mol. The second-order valence-corrected chi connectivity index (χ2v) is 6.73. The number of hydrogen-bond acceptors (Lipinski definition) is 1. The zero-order valence-corrected chi connectivity index (χ0v) is 15.0. The number of terminal acetylenes is 1. The quantitative estimate of drug-likeness (QED) is 0.691. The Labute approximate surface area is 150 Å². The van der Waals surface area contributed by atoms with Crippen LogP contribution in [0.25, 0.3) is 0 Å². The summed E-state index contributed by atoms with van der Waals surface area (Å²) in [5.74, 6) is 2.54. The Kier molecular flexibility index (Phi) is 6.90. The molecule has 0 radical (unpaired) electrons. The summed E-state index contributed by atoms with van der Waals surface area (Å²) in [7, 11) is 0. The first kappa shape index (κ1) is 19.0. The average Bonchev–Trinajstić information content (AvgIpc) is 2.46. The second-order valence-electron chi connectivity index (χ2n) is 4.89. The Morgan fingerprint density at radius 3 is 2.27 bits per heavy atom. The monoisotopic (exact) mass is 378 g/mol. The van der Waals surface area contributed by atoms with Crippen LogP contribution in [0.15, 0.2) is 33.8 Å². The predicted molar refractivity (Wildman–Crippen MR) is 94.7 cm³/mol. The highest BCUT2D eigenvalue weighted by Crippen LogP contribution is 2.24. The molecule has 0 spiro atoms. The van der Waals surface area contributed by atoms with Gasteiger partial charge in [-0.1, -0.05) is 52.3 Å². The van der Waals surface area contributed by atoms with Crippen LogP contribution in [-0.2, 0) is 0 Å². The number of urea groups is 1. The number of anilines is 1. The Bertz CT molecular complexity index is 613. The summed E-state index contributed by atoms with van der Waals surface area (Å²) < 4.78 is -0.112. The molecule has 0 saturated carbocycles. The third kappa shape index (κ3) is 5.30. The molecule has 0 atom stereocenters. The number of carbonyl (C=O) groups excluding carboxylic acids is 1. The van der Waals surface area contributed by atoms with Crippen molar-refractivity contribution in [3.8, 4) is 12.3 Å². The molecule has 0 saturated heterocycles. The molecule has 7 heteroatoms. The van der Waals surface area contributed by atoms with Gasteiger partial charge < -0.3 is 10.2 Å². The molecule has 0 aromatic heterocycles. The number of nitrogens with zero attached hydrogens (tertiary/aromatic N) is 1. The first-order valence-corrected chi connectivity index (χ1v) is 7.70. The number of halogens is 4. The van der Waals surface area contributed by atoms with E-state index in [2.05, 4.69) is 11.2 Å². The van der Waals surface area contributed by atoms with Crippen LogP contribution in [0.1, 0.15) is 13.8 Å². The van der Waals surface area contributed by atoms with Crippen LogP contribution in [0.3, 0.4) is 0 Å². The Morgan fingerprint density at radius 1 is 1.27 bits per heavy atom. The van der Waals surface area contributed by atoms with Crippen molar-refractivity contribution in [1.29, 1.82) is 0 Å². The van der Waals surface area contributed by atoms with Crippen LogP contribution in [0.4, 0.5) is 10.5 Å². The Morgan fingerprint density at radius 2 is 1.82 bits per heavy atom. The molecular formula is C15H14Cl4N2O. The van der Waals surface area contributed by atoms with Gasteiger partial charge in [0.15, 0.2) is 0 Å². The second kappa shape index (κ2) is 7.99. The Hall–Kier alpha value is -1.05. The number of benzene rings is 1. The van der Waals surface area contributed by atoms with E-state index in [1.807, 2.05) is 0 Å². The Balaban J connectivity index is 3.01. The minimum atomic E-state index is -0.889. The lowest BCUT2D eigenvalue weighted by Gasteiger charge is -2.34. The molecule has 0 unspecified atom stereocenters. The number of amides is 2. The van der Waals surface area contributed by atoms with Crippen molar-refractivity contribution in [1.82, 2.24) is 4.90 Å². The van der Waals surface area contributed by atoms with E-state index in [1.54, 1.807) is 38.1 Å². The van der Waals surface area contributed by atoms with E-state index in [0.29, 0.717) is 10.7 Å². The molecule has 1 rings (SSSR count). The molecule has 1 aromatic rings. The molecule has 0 bridgehead atoms. The van der Waals surface area contributed by atoms with Gasteiger partial charge >= 0.3 is 6.03 Å². The zero-order valence-electron chi connectivity index (χ0n) is 12.0. The van der Waals surface area contributed by atoms with Gasteiger partial charge in [0.1, 0.15) is 10.0 Å². The van der Waals surface area contributed by atoms with Crippen molar-refractivity contribution in [3.63, 3.8) is 0 Å². The van der Waals surface area contributed by atoms with Crippen molar-refractivity contribution in [2.45, 2.75) is 19.4 Å². The van der Waals surface area contributed by atoms with Crippen molar-refractivity contribution >= 4 is 58.1 Å². The summed E-state index contributed by atoms with van der Waals surface area (Å²) in [6.07, 6.45) is 5.50. The maximum atomic E-state index is 12.5. The number of hydrogen-bond donors (Lipinski definition) is 1. The van der Waals surface area contributed by atoms with Crippen LogP contribution in [0, 0.1) is 12.3 Å². The van der Waals surface area contributed by atoms with Crippen molar-refractivity contribution < 1.29 is 4.79 Å². The van der Waals surface area contributed by atoms with E-state index in [-0.39, 0.29) is 16.1 Å². The molecule has 0 aliphatic carbocycles. The van der Waals surface area contributed by atoms with Crippen LogP contribution in [-0.4, -0.2) is 23.0 Å². The van der Waals surface area contributed by atoms with Crippen LogP contribution in [0.2, 0.25) is 5.02 Å². The maximum Gasteiger partial charge on any atom is 0.323 e. The van der Waals surface area contributed by atoms with E-state index < -0.39 is 11.6 Å².